The van der Waals surface area contributed by atoms with Crippen molar-refractivity contribution < 1.29 is 24.2 Å². The standard InChI is InChI=1S/C17H23NO5/c1-11(18-17(21)15-4-3-9-22-12(15)2)13-5-7-14(8-6-13)23-10-16(19)20/h5-8,11-12,15H,3-4,9-10H2,1-2H3,(H,18,21)(H,19,20). The molecule has 1 aliphatic heterocycles. The second kappa shape index (κ2) is 7.97. The van der Waals surface area contributed by atoms with E-state index in [2.05, 4.69) is 5.32 Å². The highest BCUT2D eigenvalue weighted by Crippen LogP contribution is 2.23. The fourth-order valence-corrected chi connectivity index (χ4v) is 2.67. The van der Waals surface area contributed by atoms with Gasteiger partial charge >= 0.3 is 5.97 Å². The lowest BCUT2D eigenvalue weighted by molar-refractivity contribution is -0.139. The third-order valence-electron chi connectivity index (χ3n) is 4.04. The number of carbonyl (C=O) groups is 2. The molecule has 1 fully saturated rings. The SMILES string of the molecule is CC(NC(=O)C1CCCOC1C)c1ccc(OCC(=O)O)cc1. The van der Waals surface area contributed by atoms with Gasteiger partial charge in [-0.3, -0.25) is 4.79 Å². The van der Waals surface area contributed by atoms with E-state index in [1.165, 1.54) is 0 Å². The number of hydrogen-bond donors (Lipinski definition) is 2. The molecule has 3 unspecified atom stereocenters. The number of carbonyl (C=O) groups excluding carboxylic acids is 1. The van der Waals surface area contributed by atoms with Crippen LogP contribution in [0.3, 0.4) is 0 Å². The van der Waals surface area contributed by atoms with Crippen LogP contribution < -0.4 is 10.1 Å². The van der Waals surface area contributed by atoms with Gasteiger partial charge < -0.3 is 19.9 Å². The van der Waals surface area contributed by atoms with Crippen molar-refractivity contribution in [3.8, 4) is 5.75 Å². The van der Waals surface area contributed by atoms with Crippen LogP contribution >= 0.6 is 0 Å². The number of rotatable bonds is 6. The normalized spacial score (nSPS) is 22.2. The topological polar surface area (TPSA) is 84.9 Å². The van der Waals surface area contributed by atoms with E-state index in [9.17, 15) is 9.59 Å². The summed E-state index contributed by atoms with van der Waals surface area (Å²) >= 11 is 0. The van der Waals surface area contributed by atoms with E-state index < -0.39 is 5.97 Å². The fraction of sp³-hybridized carbons (Fsp3) is 0.529. The minimum absolute atomic E-state index is 0.0101. The number of amides is 1. The zero-order valence-corrected chi connectivity index (χ0v) is 13.5. The van der Waals surface area contributed by atoms with Gasteiger partial charge in [0.05, 0.1) is 18.1 Å². The van der Waals surface area contributed by atoms with E-state index in [0.29, 0.717) is 5.75 Å². The largest absolute Gasteiger partial charge is 0.482 e. The molecule has 0 spiro atoms. The van der Waals surface area contributed by atoms with Gasteiger partial charge in [0.15, 0.2) is 6.61 Å². The highest BCUT2D eigenvalue weighted by atomic mass is 16.5. The minimum Gasteiger partial charge on any atom is -0.482 e. The van der Waals surface area contributed by atoms with Crippen molar-refractivity contribution in [1.82, 2.24) is 5.32 Å². The molecule has 6 heteroatoms. The fourth-order valence-electron chi connectivity index (χ4n) is 2.67. The van der Waals surface area contributed by atoms with Crippen molar-refractivity contribution in [2.45, 2.75) is 38.8 Å². The van der Waals surface area contributed by atoms with Gasteiger partial charge in [-0.05, 0) is 44.4 Å². The summed E-state index contributed by atoms with van der Waals surface area (Å²) in [6.07, 6.45) is 1.71. The Balaban J connectivity index is 1.90. The zero-order valence-electron chi connectivity index (χ0n) is 13.5. The third kappa shape index (κ3) is 4.96. The molecule has 1 saturated heterocycles. The average molecular weight is 321 g/mol. The lowest BCUT2D eigenvalue weighted by Crippen LogP contribution is -2.41. The molecule has 1 aliphatic rings. The average Bonchev–Trinajstić information content (AvgIpc) is 2.53. The zero-order chi connectivity index (χ0) is 16.8. The van der Waals surface area contributed by atoms with Crippen LogP contribution in [0.2, 0.25) is 0 Å². The van der Waals surface area contributed by atoms with Crippen LogP contribution in [-0.2, 0) is 14.3 Å². The second-order valence-electron chi connectivity index (χ2n) is 5.81. The Hall–Kier alpha value is -2.08. The van der Waals surface area contributed by atoms with Crippen molar-refractivity contribution in [2.75, 3.05) is 13.2 Å². The smallest absolute Gasteiger partial charge is 0.341 e. The molecule has 126 valence electrons. The maximum Gasteiger partial charge on any atom is 0.341 e. The minimum atomic E-state index is -1.02. The molecular weight excluding hydrogens is 298 g/mol. The summed E-state index contributed by atoms with van der Waals surface area (Å²) in [5, 5.41) is 11.6. The molecule has 1 amide bonds. The number of aliphatic carboxylic acids is 1. The van der Waals surface area contributed by atoms with Gasteiger partial charge in [0.1, 0.15) is 5.75 Å². The molecular formula is C17H23NO5. The Labute approximate surface area is 135 Å². The first-order chi connectivity index (χ1) is 11.0. The van der Waals surface area contributed by atoms with Crippen LogP contribution in [0, 0.1) is 5.92 Å². The molecule has 6 nitrogen and oxygen atoms in total. The Morgan fingerprint density at radius 1 is 1.39 bits per heavy atom. The first-order valence-corrected chi connectivity index (χ1v) is 7.84. The summed E-state index contributed by atoms with van der Waals surface area (Å²) in [6.45, 7) is 4.20. The van der Waals surface area contributed by atoms with E-state index in [-0.39, 0.29) is 30.6 Å². The van der Waals surface area contributed by atoms with Gasteiger partial charge in [0.25, 0.3) is 0 Å². The molecule has 0 bridgehead atoms. The van der Waals surface area contributed by atoms with Crippen LogP contribution in [0.25, 0.3) is 0 Å². The maximum absolute atomic E-state index is 12.4. The van der Waals surface area contributed by atoms with Crippen LogP contribution in [0.4, 0.5) is 0 Å². The van der Waals surface area contributed by atoms with Crippen molar-refractivity contribution >= 4 is 11.9 Å². The summed E-state index contributed by atoms with van der Waals surface area (Å²) in [5.41, 5.74) is 0.936. The van der Waals surface area contributed by atoms with E-state index in [0.717, 1.165) is 25.0 Å². The van der Waals surface area contributed by atoms with Crippen LogP contribution in [0.15, 0.2) is 24.3 Å². The quantitative estimate of drug-likeness (QED) is 0.838. The number of benzene rings is 1. The molecule has 1 aromatic carbocycles. The van der Waals surface area contributed by atoms with Gasteiger partial charge in [-0.2, -0.15) is 0 Å². The lowest BCUT2D eigenvalue weighted by Gasteiger charge is -2.29. The Morgan fingerprint density at radius 2 is 2.09 bits per heavy atom. The van der Waals surface area contributed by atoms with Gasteiger partial charge in [0, 0.05) is 6.61 Å². The molecule has 23 heavy (non-hydrogen) atoms. The monoisotopic (exact) mass is 321 g/mol. The summed E-state index contributed by atoms with van der Waals surface area (Å²) in [6, 6.07) is 6.91. The number of carboxylic acid groups (broad SMARTS) is 1. The van der Waals surface area contributed by atoms with Crippen molar-refractivity contribution in [1.29, 1.82) is 0 Å². The van der Waals surface area contributed by atoms with Crippen molar-refractivity contribution in [3.63, 3.8) is 0 Å². The Morgan fingerprint density at radius 3 is 2.70 bits per heavy atom. The van der Waals surface area contributed by atoms with Gasteiger partial charge in [-0.25, -0.2) is 4.79 Å². The Bertz CT molecular complexity index is 542. The van der Waals surface area contributed by atoms with E-state index in [1.54, 1.807) is 12.1 Å². The van der Waals surface area contributed by atoms with E-state index in [1.807, 2.05) is 26.0 Å². The predicted octanol–water partition coefficient (Wildman–Crippen LogP) is 2.14. The molecule has 0 saturated carbocycles. The number of nitrogens with one attached hydrogen (secondary N) is 1. The molecule has 2 rings (SSSR count). The van der Waals surface area contributed by atoms with E-state index >= 15 is 0 Å². The highest BCUT2D eigenvalue weighted by molar-refractivity contribution is 5.79. The van der Waals surface area contributed by atoms with Crippen LogP contribution in [0.5, 0.6) is 5.75 Å². The lowest BCUT2D eigenvalue weighted by atomic mass is 9.94. The van der Waals surface area contributed by atoms with Gasteiger partial charge in [0.2, 0.25) is 5.91 Å². The predicted molar refractivity (Wildman–Crippen MR) is 84.3 cm³/mol. The third-order valence-corrected chi connectivity index (χ3v) is 4.04. The first kappa shape index (κ1) is 17.3. The van der Waals surface area contributed by atoms with Crippen LogP contribution in [-0.4, -0.2) is 36.3 Å². The van der Waals surface area contributed by atoms with Crippen molar-refractivity contribution in [2.24, 2.45) is 5.92 Å². The number of carboxylic acids is 1. The molecule has 3 atom stereocenters. The molecule has 1 heterocycles. The maximum atomic E-state index is 12.4. The number of ether oxygens (including phenoxy) is 2. The number of hydrogen-bond acceptors (Lipinski definition) is 4. The van der Waals surface area contributed by atoms with Crippen LogP contribution in [0.1, 0.15) is 38.3 Å². The summed E-state index contributed by atoms with van der Waals surface area (Å²) in [4.78, 5) is 22.8. The molecule has 2 N–H and O–H groups in total. The summed E-state index contributed by atoms with van der Waals surface area (Å²) in [7, 11) is 0. The second-order valence-corrected chi connectivity index (χ2v) is 5.81. The molecule has 0 aromatic heterocycles. The van der Waals surface area contributed by atoms with Gasteiger partial charge in [-0.1, -0.05) is 12.1 Å². The Kier molecular flexibility index (Phi) is 5.98. The summed E-state index contributed by atoms with van der Waals surface area (Å²) < 4.78 is 10.6. The highest BCUT2D eigenvalue weighted by Gasteiger charge is 2.29. The molecule has 0 radical (unpaired) electrons. The molecule has 0 aliphatic carbocycles. The van der Waals surface area contributed by atoms with E-state index in [4.69, 9.17) is 14.6 Å². The molecule has 1 aromatic rings. The van der Waals surface area contributed by atoms with Gasteiger partial charge in [-0.15, -0.1) is 0 Å². The summed E-state index contributed by atoms with van der Waals surface area (Å²) in [5.74, 6) is -0.622. The first-order valence-electron chi connectivity index (χ1n) is 7.84. The van der Waals surface area contributed by atoms with Crippen molar-refractivity contribution in [3.05, 3.63) is 29.8 Å².